The Morgan fingerprint density at radius 2 is 1.81 bits per heavy atom. The number of aliphatic hydroxyl groups excluding tert-OH is 1. The van der Waals surface area contributed by atoms with Crippen molar-refractivity contribution in [3.05, 3.63) is 82.3 Å². The lowest BCUT2D eigenvalue weighted by molar-refractivity contribution is -0.135. The molecule has 5 heterocycles. The van der Waals surface area contributed by atoms with E-state index in [4.69, 9.17) is 18.6 Å². The molecule has 13 heteroatoms. The van der Waals surface area contributed by atoms with Crippen molar-refractivity contribution in [3.8, 4) is 17.3 Å². The number of rotatable bonds is 11. The molecule has 0 aliphatic carbocycles. The normalized spacial score (nSPS) is 22.1. The summed E-state index contributed by atoms with van der Waals surface area (Å²) in [4.78, 5) is 49.2. The molecule has 2 aromatic heterocycles. The molecule has 5 N–H and O–H groups in total. The summed E-state index contributed by atoms with van der Waals surface area (Å²) in [6.07, 6.45) is 2.22. The molecule has 13 nitrogen and oxygen atoms in total. The Hall–Kier alpha value is -5.17. The second kappa shape index (κ2) is 13.8. The third-order valence-corrected chi connectivity index (χ3v) is 10.3. The number of fused-ring (bicyclic) bond motifs is 4. The lowest BCUT2D eigenvalue weighted by Crippen LogP contribution is -2.52. The Morgan fingerprint density at radius 1 is 1.02 bits per heavy atom. The van der Waals surface area contributed by atoms with Gasteiger partial charge in [0.25, 0.3) is 0 Å². The van der Waals surface area contributed by atoms with Crippen LogP contribution < -0.4 is 20.7 Å². The molecule has 0 saturated heterocycles. The van der Waals surface area contributed by atoms with Crippen molar-refractivity contribution >= 4 is 23.5 Å². The SMILES string of the molecule is CCCCCCc1oc(-c2nc3oc2C24c5ccccc5NC2Oc2ccc(cc24)C[C@H](NC(=O)[C@@H](O)C(C)C)C(=O)N[C@H]3C(C)C)nc1C(=O)O. The molecule has 7 rings (SSSR count). The monoisotopic (exact) mass is 711 g/mol. The highest BCUT2D eigenvalue weighted by atomic mass is 16.5. The van der Waals surface area contributed by atoms with Crippen LogP contribution in [-0.4, -0.2) is 56.3 Å². The molecule has 4 bridgehead atoms. The average Bonchev–Trinajstić information content (AvgIpc) is 3.87. The predicted octanol–water partition coefficient (Wildman–Crippen LogP) is 5.50. The summed E-state index contributed by atoms with van der Waals surface area (Å²) in [7, 11) is 0. The van der Waals surface area contributed by atoms with Crippen molar-refractivity contribution in [1.29, 1.82) is 0 Å². The van der Waals surface area contributed by atoms with E-state index in [0.29, 0.717) is 17.9 Å². The van der Waals surface area contributed by atoms with Gasteiger partial charge in [0.2, 0.25) is 23.6 Å². The molecule has 1 spiro atoms. The summed E-state index contributed by atoms with van der Waals surface area (Å²) in [6.45, 7) is 9.38. The maximum absolute atomic E-state index is 14.1. The topological polar surface area (TPSA) is 189 Å². The van der Waals surface area contributed by atoms with Crippen molar-refractivity contribution in [2.45, 2.75) is 103 Å². The second-order valence-electron chi connectivity index (χ2n) is 14.6. The zero-order chi connectivity index (χ0) is 36.9. The number of aromatic nitrogens is 2. The van der Waals surface area contributed by atoms with Crippen LogP contribution >= 0.6 is 0 Å². The second-order valence-corrected chi connectivity index (χ2v) is 14.6. The molecule has 3 aliphatic rings. The molecule has 274 valence electrons. The Bertz CT molecular complexity index is 2020. The molecular weight excluding hydrogens is 666 g/mol. The minimum absolute atomic E-state index is 0.00785. The highest BCUT2D eigenvalue weighted by molar-refractivity contribution is 5.90. The van der Waals surface area contributed by atoms with Crippen LogP contribution in [0.15, 0.2) is 51.3 Å². The third-order valence-electron chi connectivity index (χ3n) is 10.3. The van der Waals surface area contributed by atoms with E-state index in [1.807, 2.05) is 56.3 Å². The molecule has 0 fully saturated rings. The first-order valence-electron chi connectivity index (χ1n) is 18.1. The van der Waals surface area contributed by atoms with Crippen LogP contribution in [0.4, 0.5) is 5.69 Å². The van der Waals surface area contributed by atoms with Gasteiger partial charge in [-0.3, -0.25) is 9.59 Å². The van der Waals surface area contributed by atoms with Gasteiger partial charge in [-0.25, -0.2) is 14.8 Å². The number of aliphatic hydroxyl groups is 1. The van der Waals surface area contributed by atoms with Crippen LogP contribution in [0.1, 0.15) is 111 Å². The number of nitrogens with one attached hydrogen (secondary N) is 3. The van der Waals surface area contributed by atoms with E-state index < -0.39 is 47.6 Å². The number of amides is 2. The van der Waals surface area contributed by atoms with Crippen molar-refractivity contribution in [3.63, 3.8) is 0 Å². The first-order valence-corrected chi connectivity index (χ1v) is 18.1. The van der Waals surface area contributed by atoms with Gasteiger partial charge >= 0.3 is 5.97 Å². The minimum atomic E-state index is -1.31. The number of carboxylic acids is 1. The van der Waals surface area contributed by atoms with Crippen LogP contribution in [0.5, 0.6) is 5.75 Å². The zero-order valence-electron chi connectivity index (χ0n) is 30.0. The molecule has 4 aromatic rings. The average molecular weight is 712 g/mol. The number of aromatic carboxylic acids is 1. The number of para-hydroxylation sites is 1. The van der Waals surface area contributed by atoms with Gasteiger partial charge in [-0.15, -0.1) is 0 Å². The summed E-state index contributed by atoms with van der Waals surface area (Å²) in [5.41, 5.74) is 2.00. The molecular formula is C39H45N5O8. The van der Waals surface area contributed by atoms with E-state index in [2.05, 4.69) is 27.9 Å². The maximum atomic E-state index is 14.1. The number of hydrogen-bond acceptors (Lipinski definition) is 10. The van der Waals surface area contributed by atoms with Gasteiger partial charge in [-0.1, -0.05) is 84.2 Å². The maximum Gasteiger partial charge on any atom is 0.358 e. The fourth-order valence-electron chi connectivity index (χ4n) is 7.51. The van der Waals surface area contributed by atoms with Gasteiger partial charge in [-0.2, -0.15) is 0 Å². The minimum Gasteiger partial charge on any atom is -0.476 e. The molecule has 52 heavy (non-hydrogen) atoms. The van der Waals surface area contributed by atoms with Crippen LogP contribution in [0.3, 0.4) is 0 Å². The van der Waals surface area contributed by atoms with Gasteiger partial charge in [-0.05, 0) is 41.5 Å². The number of ether oxygens (including phenoxy) is 1. The van der Waals surface area contributed by atoms with Crippen LogP contribution in [-0.2, 0) is 27.8 Å². The Labute approximate surface area is 301 Å². The quantitative estimate of drug-likeness (QED) is 0.124. The fraction of sp³-hybridized carbons (Fsp3) is 0.462. The first kappa shape index (κ1) is 35.2. The van der Waals surface area contributed by atoms with Crippen molar-refractivity contribution in [2.24, 2.45) is 11.8 Å². The summed E-state index contributed by atoms with van der Waals surface area (Å²) in [5, 5.41) is 30.1. The van der Waals surface area contributed by atoms with Crippen LogP contribution in [0, 0.1) is 11.8 Å². The first-order chi connectivity index (χ1) is 24.9. The summed E-state index contributed by atoms with van der Waals surface area (Å²) in [5.74, 6) is -1.63. The molecule has 0 radical (unpaired) electrons. The van der Waals surface area contributed by atoms with Crippen molar-refractivity contribution < 1.29 is 38.2 Å². The van der Waals surface area contributed by atoms with Crippen molar-refractivity contribution in [2.75, 3.05) is 5.32 Å². The zero-order valence-corrected chi connectivity index (χ0v) is 30.0. The number of aryl methyl sites for hydroxylation is 1. The molecule has 3 aliphatic heterocycles. The molecule has 2 amide bonds. The van der Waals surface area contributed by atoms with E-state index >= 15 is 0 Å². The highest BCUT2D eigenvalue weighted by Gasteiger charge is 2.61. The lowest BCUT2D eigenvalue weighted by atomic mass is 9.72. The van der Waals surface area contributed by atoms with E-state index in [9.17, 15) is 24.6 Å². The van der Waals surface area contributed by atoms with Crippen LogP contribution in [0.2, 0.25) is 0 Å². The Morgan fingerprint density at radius 3 is 2.54 bits per heavy atom. The predicted molar refractivity (Wildman–Crippen MR) is 190 cm³/mol. The molecule has 0 saturated carbocycles. The summed E-state index contributed by atoms with van der Waals surface area (Å²) in [6, 6.07) is 11.6. The van der Waals surface area contributed by atoms with E-state index in [1.54, 1.807) is 13.8 Å². The van der Waals surface area contributed by atoms with Gasteiger partial charge in [0, 0.05) is 24.1 Å². The third kappa shape index (κ3) is 5.90. The number of carboxylic acid groups (broad SMARTS) is 1. The number of hydrogen-bond donors (Lipinski definition) is 5. The fourth-order valence-corrected chi connectivity index (χ4v) is 7.51. The Balaban J connectivity index is 1.45. The Kier molecular flexibility index (Phi) is 9.32. The number of carbonyl (C=O) groups excluding carboxylic acids is 2. The summed E-state index contributed by atoms with van der Waals surface area (Å²) < 4.78 is 19.8. The van der Waals surface area contributed by atoms with Crippen molar-refractivity contribution in [1.82, 2.24) is 20.6 Å². The number of benzene rings is 2. The van der Waals surface area contributed by atoms with E-state index in [-0.39, 0.29) is 47.2 Å². The van der Waals surface area contributed by atoms with E-state index in [0.717, 1.165) is 48.1 Å². The van der Waals surface area contributed by atoms with Gasteiger partial charge in [0.05, 0.1) is 0 Å². The molecule has 5 atom stereocenters. The smallest absolute Gasteiger partial charge is 0.358 e. The number of unbranched alkanes of at least 4 members (excludes halogenated alkanes) is 3. The standard InChI is InChI=1S/C39H45N5O8/c1-6-7-8-9-14-27-29(37(48)49)43-36(50-27)30-32-39-22-12-10-11-13-24(22)41-38(39)51-26-16-15-21(17-23(26)39)18-25(40-34(47)31(45)20(4)5)33(46)42-28(19(2)3)35(44-30)52-32/h10-13,15-17,19-20,25,28,31,38,41,45H,6-9,14,18H2,1-5H3,(H,40,47)(H,42,46)(H,48,49)/t25-,28-,31-,38?,39?/m0/s1. The largest absolute Gasteiger partial charge is 0.476 e. The summed E-state index contributed by atoms with van der Waals surface area (Å²) >= 11 is 0. The molecule has 2 unspecified atom stereocenters. The lowest BCUT2D eigenvalue weighted by Gasteiger charge is -2.29. The van der Waals surface area contributed by atoms with Gasteiger partial charge < -0.3 is 39.7 Å². The molecule has 2 aromatic carbocycles. The number of carbonyl (C=O) groups is 3. The van der Waals surface area contributed by atoms with Gasteiger partial charge in [0.15, 0.2) is 23.4 Å². The van der Waals surface area contributed by atoms with E-state index in [1.165, 1.54) is 0 Å². The van der Waals surface area contributed by atoms with Gasteiger partial charge in [0.1, 0.15) is 35.1 Å². The number of nitrogens with zero attached hydrogens (tertiary/aromatic N) is 2. The van der Waals surface area contributed by atoms with Crippen LogP contribution in [0.25, 0.3) is 11.6 Å². The number of oxazole rings is 2. The number of anilines is 1. The highest BCUT2D eigenvalue weighted by Crippen LogP contribution is 2.59.